The van der Waals surface area contributed by atoms with E-state index in [4.69, 9.17) is 5.73 Å². The molecule has 18 heavy (non-hydrogen) atoms. The van der Waals surface area contributed by atoms with Gasteiger partial charge in [-0.3, -0.25) is 9.69 Å². The van der Waals surface area contributed by atoms with Crippen molar-refractivity contribution < 1.29 is 4.79 Å². The van der Waals surface area contributed by atoms with Gasteiger partial charge in [-0.1, -0.05) is 0 Å². The maximum absolute atomic E-state index is 11.9. The largest absolute Gasteiger partial charge is 0.347 e. The first-order chi connectivity index (χ1) is 8.56. The van der Waals surface area contributed by atoms with E-state index in [9.17, 15) is 4.79 Å². The molecule has 106 valence electrons. The minimum atomic E-state index is 0.00573. The molecule has 1 unspecified atom stereocenters. The summed E-state index contributed by atoms with van der Waals surface area (Å²) in [5.41, 5.74) is 5.50. The van der Waals surface area contributed by atoms with Crippen LogP contribution in [-0.4, -0.2) is 80.0 Å². The Balaban J connectivity index is 2.28. The average Bonchev–Trinajstić information content (AvgIpc) is 2.38. The van der Waals surface area contributed by atoms with Gasteiger partial charge in [-0.25, -0.2) is 0 Å². The van der Waals surface area contributed by atoms with Gasteiger partial charge in [-0.2, -0.15) is 0 Å². The lowest BCUT2D eigenvalue weighted by molar-refractivity contribution is -0.134. The van der Waals surface area contributed by atoms with Crippen LogP contribution in [0.25, 0.3) is 0 Å². The zero-order valence-corrected chi connectivity index (χ0v) is 12.1. The van der Waals surface area contributed by atoms with Gasteiger partial charge in [-0.05, 0) is 32.9 Å². The molecule has 1 heterocycles. The van der Waals surface area contributed by atoms with Crippen LogP contribution in [0.3, 0.4) is 0 Å². The molecule has 0 aromatic heterocycles. The molecular formula is C13H28N4O. The van der Waals surface area contributed by atoms with Gasteiger partial charge >= 0.3 is 0 Å². The minimum Gasteiger partial charge on any atom is -0.347 e. The third kappa shape index (κ3) is 4.55. The Morgan fingerprint density at radius 3 is 2.33 bits per heavy atom. The molecule has 0 radical (unpaired) electrons. The monoisotopic (exact) mass is 256 g/mol. The Kier molecular flexibility index (Phi) is 6.60. The van der Waals surface area contributed by atoms with E-state index in [1.807, 2.05) is 21.0 Å². The first-order valence-electron chi connectivity index (χ1n) is 6.94. The number of unbranched alkanes of at least 4 members (excludes halogenated alkanes) is 1. The lowest BCUT2D eigenvalue weighted by Crippen LogP contribution is -2.53. The van der Waals surface area contributed by atoms with Crippen molar-refractivity contribution in [2.45, 2.75) is 25.8 Å². The first kappa shape index (κ1) is 15.4. The van der Waals surface area contributed by atoms with Crippen LogP contribution in [0, 0.1) is 0 Å². The average molecular weight is 256 g/mol. The fourth-order valence-corrected chi connectivity index (χ4v) is 2.38. The van der Waals surface area contributed by atoms with Crippen LogP contribution in [0.2, 0.25) is 0 Å². The molecule has 0 aromatic rings. The van der Waals surface area contributed by atoms with Crippen molar-refractivity contribution in [3.05, 3.63) is 0 Å². The standard InChI is InChI=1S/C13H28N4O/c1-12(13(18)15(2)3)17-10-8-16(9-11-17)7-5-4-6-14/h12H,4-11,14H2,1-3H3. The number of nitrogens with two attached hydrogens (primary N) is 1. The number of amides is 1. The number of hydrogen-bond donors (Lipinski definition) is 1. The maximum atomic E-state index is 11.9. The van der Waals surface area contributed by atoms with E-state index in [-0.39, 0.29) is 11.9 Å². The smallest absolute Gasteiger partial charge is 0.239 e. The molecular weight excluding hydrogens is 228 g/mol. The van der Waals surface area contributed by atoms with Crippen molar-refractivity contribution in [1.29, 1.82) is 0 Å². The number of hydrogen-bond acceptors (Lipinski definition) is 4. The summed E-state index contributed by atoms with van der Waals surface area (Å²) in [7, 11) is 3.64. The molecule has 1 fully saturated rings. The van der Waals surface area contributed by atoms with Crippen LogP contribution < -0.4 is 5.73 Å². The van der Waals surface area contributed by atoms with Crippen LogP contribution in [-0.2, 0) is 4.79 Å². The molecule has 1 aliphatic rings. The summed E-state index contributed by atoms with van der Waals surface area (Å²) in [6.45, 7) is 8.04. The van der Waals surface area contributed by atoms with Crippen molar-refractivity contribution in [2.24, 2.45) is 5.73 Å². The van der Waals surface area contributed by atoms with E-state index >= 15 is 0 Å². The zero-order valence-electron chi connectivity index (χ0n) is 12.1. The summed E-state index contributed by atoms with van der Waals surface area (Å²) >= 11 is 0. The Morgan fingerprint density at radius 1 is 1.22 bits per heavy atom. The third-order valence-electron chi connectivity index (χ3n) is 3.68. The number of rotatable bonds is 6. The molecule has 1 aliphatic heterocycles. The highest BCUT2D eigenvalue weighted by molar-refractivity contribution is 5.80. The molecule has 0 bridgehead atoms. The van der Waals surface area contributed by atoms with Crippen molar-refractivity contribution in [3.8, 4) is 0 Å². The van der Waals surface area contributed by atoms with Gasteiger partial charge in [0.2, 0.25) is 5.91 Å². The van der Waals surface area contributed by atoms with Gasteiger partial charge in [0.25, 0.3) is 0 Å². The molecule has 0 saturated carbocycles. The topological polar surface area (TPSA) is 52.8 Å². The van der Waals surface area contributed by atoms with E-state index in [1.54, 1.807) is 4.90 Å². The lowest BCUT2D eigenvalue weighted by atomic mass is 10.2. The number of carbonyl (C=O) groups is 1. The summed E-state index contributed by atoms with van der Waals surface area (Å²) in [4.78, 5) is 18.3. The summed E-state index contributed by atoms with van der Waals surface area (Å²) in [6, 6.07) is 0.00573. The van der Waals surface area contributed by atoms with Gasteiger partial charge in [0.15, 0.2) is 0 Å². The molecule has 1 saturated heterocycles. The predicted molar refractivity (Wildman–Crippen MR) is 74.5 cm³/mol. The van der Waals surface area contributed by atoms with E-state index < -0.39 is 0 Å². The lowest BCUT2D eigenvalue weighted by Gasteiger charge is -2.38. The molecule has 0 aromatic carbocycles. The molecule has 0 aliphatic carbocycles. The number of carbonyl (C=O) groups excluding carboxylic acids is 1. The van der Waals surface area contributed by atoms with Crippen LogP contribution in [0.5, 0.6) is 0 Å². The molecule has 1 amide bonds. The molecule has 1 rings (SSSR count). The minimum absolute atomic E-state index is 0.00573. The summed E-state index contributed by atoms with van der Waals surface area (Å²) in [5, 5.41) is 0. The fraction of sp³-hybridized carbons (Fsp3) is 0.923. The molecule has 5 nitrogen and oxygen atoms in total. The Bertz CT molecular complexity index is 249. The van der Waals surface area contributed by atoms with Gasteiger partial charge in [0.1, 0.15) is 0 Å². The second kappa shape index (κ2) is 7.71. The summed E-state index contributed by atoms with van der Waals surface area (Å²) in [5.74, 6) is 0.201. The van der Waals surface area contributed by atoms with Gasteiger partial charge in [0, 0.05) is 40.3 Å². The Hall–Kier alpha value is -0.650. The SMILES string of the molecule is CC(C(=O)N(C)C)N1CCN(CCCCN)CC1. The molecule has 5 heteroatoms. The van der Waals surface area contributed by atoms with E-state index in [0.717, 1.165) is 45.7 Å². The van der Waals surface area contributed by atoms with Crippen molar-refractivity contribution >= 4 is 5.91 Å². The molecule has 1 atom stereocenters. The van der Waals surface area contributed by atoms with Gasteiger partial charge in [0.05, 0.1) is 6.04 Å². The van der Waals surface area contributed by atoms with E-state index in [0.29, 0.717) is 0 Å². The van der Waals surface area contributed by atoms with Crippen molar-refractivity contribution in [2.75, 3.05) is 53.4 Å². The predicted octanol–water partition coefficient (Wildman–Crippen LogP) is -0.180. The van der Waals surface area contributed by atoms with Gasteiger partial charge in [-0.15, -0.1) is 0 Å². The molecule has 0 spiro atoms. The highest BCUT2D eigenvalue weighted by Gasteiger charge is 2.25. The quantitative estimate of drug-likeness (QED) is 0.670. The number of piperazine rings is 1. The Labute approximate surface area is 111 Å². The van der Waals surface area contributed by atoms with E-state index in [1.165, 1.54) is 6.42 Å². The van der Waals surface area contributed by atoms with E-state index in [2.05, 4.69) is 9.80 Å². The fourth-order valence-electron chi connectivity index (χ4n) is 2.38. The van der Waals surface area contributed by atoms with Crippen LogP contribution in [0.4, 0.5) is 0 Å². The van der Waals surface area contributed by atoms with Crippen LogP contribution >= 0.6 is 0 Å². The molecule has 2 N–H and O–H groups in total. The second-order valence-electron chi connectivity index (χ2n) is 5.28. The van der Waals surface area contributed by atoms with Crippen molar-refractivity contribution in [1.82, 2.24) is 14.7 Å². The summed E-state index contributed by atoms with van der Waals surface area (Å²) in [6.07, 6.45) is 2.29. The first-order valence-corrected chi connectivity index (χ1v) is 6.94. The third-order valence-corrected chi connectivity index (χ3v) is 3.68. The van der Waals surface area contributed by atoms with Crippen molar-refractivity contribution in [3.63, 3.8) is 0 Å². The number of nitrogens with zero attached hydrogens (tertiary/aromatic N) is 3. The van der Waals surface area contributed by atoms with Gasteiger partial charge < -0.3 is 15.5 Å². The zero-order chi connectivity index (χ0) is 13.5. The number of likely N-dealkylation sites (N-methyl/N-ethyl adjacent to an activating group) is 1. The summed E-state index contributed by atoms with van der Waals surface area (Å²) < 4.78 is 0. The maximum Gasteiger partial charge on any atom is 0.239 e. The normalized spacial score (nSPS) is 19.8. The van der Waals surface area contributed by atoms with Crippen LogP contribution in [0.15, 0.2) is 0 Å². The second-order valence-corrected chi connectivity index (χ2v) is 5.28. The van der Waals surface area contributed by atoms with Crippen LogP contribution in [0.1, 0.15) is 19.8 Å². The highest BCUT2D eigenvalue weighted by atomic mass is 16.2. The Morgan fingerprint density at radius 2 is 1.83 bits per heavy atom. The highest BCUT2D eigenvalue weighted by Crippen LogP contribution is 2.08.